The van der Waals surface area contributed by atoms with Crippen molar-refractivity contribution in [2.75, 3.05) is 26.7 Å². The number of nitrogens with zero attached hydrogens (tertiary/aromatic N) is 1. The van der Waals surface area contributed by atoms with E-state index in [1.54, 1.807) is 24.1 Å². The van der Waals surface area contributed by atoms with Gasteiger partial charge in [0.2, 0.25) is 5.91 Å². The molecular formula is C14H18N2O3. The SMILES string of the molecule is COc1cc(C(=O)N2CCCNC(=O)C2)ccc1C. The lowest BCUT2D eigenvalue weighted by molar-refractivity contribution is -0.121. The van der Waals surface area contributed by atoms with Crippen LogP contribution in [0.25, 0.3) is 0 Å². The lowest BCUT2D eigenvalue weighted by Gasteiger charge is -2.19. The Morgan fingerprint density at radius 3 is 2.95 bits per heavy atom. The van der Waals surface area contributed by atoms with Crippen LogP contribution in [0.4, 0.5) is 0 Å². The molecule has 1 aliphatic heterocycles. The number of hydrogen-bond acceptors (Lipinski definition) is 3. The first-order chi connectivity index (χ1) is 9.11. The van der Waals surface area contributed by atoms with Crippen molar-refractivity contribution in [1.29, 1.82) is 0 Å². The fourth-order valence-corrected chi connectivity index (χ4v) is 2.11. The van der Waals surface area contributed by atoms with Gasteiger partial charge in [-0.05, 0) is 31.0 Å². The molecule has 0 spiro atoms. The van der Waals surface area contributed by atoms with E-state index in [1.165, 1.54) is 0 Å². The van der Waals surface area contributed by atoms with E-state index < -0.39 is 0 Å². The number of methoxy groups -OCH3 is 1. The van der Waals surface area contributed by atoms with Crippen molar-refractivity contribution >= 4 is 11.8 Å². The van der Waals surface area contributed by atoms with Crippen LogP contribution in [0.15, 0.2) is 18.2 Å². The summed E-state index contributed by atoms with van der Waals surface area (Å²) < 4.78 is 5.22. The van der Waals surface area contributed by atoms with Crippen LogP contribution in [0.1, 0.15) is 22.3 Å². The molecule has 2 rings (SSSR count). The molecule has 1 aliphatic rings. The summed E-state index contributed by atoms with van der Waals surface area (Å²) in [5, 5.41) is 2.75. The second kappa shape index (κ2) is 5.73. The highest BCUT2D eigenvalue weighted by Gasteiger charge is 2.21. The molecule has 0 bridgehead atoms. The van der Waals surface area contributed by atoms with Crippen LogP contribution in [0, 0.1) is 6.92 Å². The summed E-state index contributed by atoms with van der Waals surface area (Å²) in [6, 6.07) is 5.34. The second-order valence-electron chi connectivity index (χ2n) is 4.61. The van der Waals surface area contributed by atoms with Gasteiger partial charge in [0.05, 0.1) is 13.7 Å². The number of amides is 2. The number of rotatable bonds is 2. The number of carbonyl (C=O) groups is 2. The first-order valence-electron chi connectivity index (χ1n) is 6.32. The summed E-state index contributed by atoms with van der Waals surface area (Å²) in [5.74, 6) is 0.449. The Bertz CT molecular complexity index is 499. The van der Waals surface area contributed by atoms with E-state index >= 15 is 0 Å². The predicted octanol–water partition coefficient (Wildman–Crippen LogP) is 0.966. The van der Waals surface area contributed by atoms with E-state index in [1.807, 2.05) is 13.0 Å². The minimum atomic E-state index is -0.129. The Labute approximate surface area is 112 Å². The van der Waals surface area contributed by atoms with E-state index in [0.29, 0.717) is 24.4 Å². The third kappa shape index (κ3) is 3.05. The molecule has 1 heterocycles. The Hall–Kier alpha value is -2.04. The summed E-state index contributed by atoms with van der Waals surface area (Å²) in [5.41, 5.74) is 1.53. The fourth-order valence-electron chi connectivity index (χ4n) is 2.11. The van der Waals surface area contributed by atoms with Crippen LogP contribution in [-0.4, -0.2) is 43.5 Å². The van der Waals surface area contributed by atoms with E-state index in [9.17, 15) is 9.59 Å². The van der Waals surface area contributed by atoms with E-state index in [-0.39, 0.29) is 18.4 Å². The summed E-state index contributed by atoms with van der Waals surface area (Å²) in [4.78, 5) is 25.4. The highest BCUT2D eigenvalue weighted by Crippen LogP contribution is 2.20. The standard InChI is InChI=1S/C14H18N2O3/c1-10-4-5-11(8-12(10)19-2)14(18)16-7-3-6-15-13(17)9-16/h4-5,8H,3,6-7,9H2,1-2H3,(H,15,17). The molecule has 1 saturated heterocycles. The number of carbonyl (C=O) groups excluding carboxylic acids is 2. The molecule has 1 aromatic carbocycles. The van der Waals surface area contributed by atoms with Gasteiger partial charge in [0.1, 0.15) is 5.75 Å². The van der Waals surface area contributed by atoms with E-state index in [0.717, 1.165) is 12.0 Å². The Kier molecular flexibility index (Phi) is 4.04. The van der Waals surface area contributed by atoms with Crippen molar-refractivity contribution in [1.82, 2.24) is 10.2 Å². The predicted molar refractivity (Wildman–Crippen MR) is 71.3 cm³/mol. The fraction of sp³-hybridized carbons (Fsp3) is 0.429. The number of benzene rings is 1. The summed E-state index contributed by atoms with van der Waals surface area (Å²) in [6.07, 6.45) is 0.778. The Morgan fingerprint density at radius 2 is 2.21 bits per heavy atom. The van der Waals surface area contributed by atoms with Crippen molar-refractivity contribution in [3.05, 3.63) is 29.3 Å². The second-order valence-corrected chi connectivity index (χ2v) is 4.61. The molecule has 1 N–H and O–H groups in total. The van der Waals surface area contributed by atoms with Crippen LogP contribution in [0.5, 0.6) is 5.75 Å². The van der Waals surface area contributed by atoms with Gasteiger partial charge in [-0.2, -0.15) is 0 Å². The first kappa shape index (κ1) is 13.4. The highest BCUT2D eigenvalue weighted by molar-refractivity contribution is 5.97. The minimum Gasteiger partial charge on any atom is -0.496 e. The molecule has 0 saturated carbocycles. The molecule has 1 fully saturated rings. The molecule has 0 aliphatic carbocycles. The van der Waals surface area contributed by atoms with Crippen LogP contribution >= 0.6 is 0 Å². The highest BCUT2D eigenvalue weighted by atomic mass is 16.5. The normalized spacial score (nSPS) is 15.7. The zero-order valence-corrected chi connectivity index (χ0v) is 11.2. The summed E-state index contributed by atoms with van der Waals surface area (Å²) in [7, 11) is 1.58. The quantitative estimate of drug-likeness (QED) is 0.864. The summed E-state index contributed by atoms with van der Waals surface area (Å²) in [6.45, 7) is 3.26. The number of ether oxygens (including phenoxy) is 1. The maximum absolute atomic E-state index is 12.4. The lowest BCUT2D eigenvalue weighted by Crippen LogP contribution is -2.37. The molecule has 5 heteroatoms. The first-order valence-corrected chi connectivity index (χ1v) is 6.32. The maximum Gasteiger partial charge on any atom is 0.254 e. The molecule has 19 heavy (non-hydrogen) atoms. The molecule has 2 amide bonds. The van der Waals surface area contributed by atoms with Crippen molar-refractivity contribution < 1.29 is 14.3 Å². The van der Waals surface area contributed by atoms with Gasteiger partial charge in [-0.25, -0.2) is 0 Å². The van der Waals surface area contributed by atoms with Crippen molar-refractivity contribution in [3.8, 4) is 5.75 Å². The number of hydrogen-bond donors (Lipinski definition) is 1. The van der Waals surface area contributed by atoms with Gasteiger partial charge < -0.3 is 15.0 Å². The number of aryl methyl sites for hydroxylation is 1. The van der Waals surface area contributed by atoms with E-state index in [4.69, 9.17) is 4.74 Å². The van der Waals surface area contributed by atoms with Gasteiger partial charge in [0, 0.05) is 18.7 Å². The van der Waals surface area contributed by atoms with Crippen LogP contribution in [-0.2, 0) is 4.79 Å². The molecule has 0 radical (unpaired) electrons. The average Bonchev–Trinajstić information content (AvgIpc) is 2.63. The zero-order valence-electron chi connectivity index (χ0n) is 11.2. The lowest BCUT2D eigenvalue weighted by atomic mass is 10.1. The maximum atomic E-state index is 12.4. The molecule has 0 unspecified atom stereocenters. The molecule has 0 aromatic heterocycles. The van der Waals surface area contributed by atoms with E-state index in [2.05, 4.69) is 5.32 Å². The molecule has 5 nitrogen and oxygen atoms in total. The van der Waals surface area contributed by atoms with Crippen LogP contribution < -0.4 is 10.1 Å². The molecule has 1 aromatic rings. The van der Waals surface area contributed by atoms with Crippen LogP contribution in [0.3, 0.4) is 0 Å². The van der Waals surface area contributed by atoms with Gasteiger partial charge in [0.25, 0.3) is 5.91 Å². The van der Waals surface area contributed by atoms with Gasteiger partial charge in [-0.3, -0.25) is 9.59 Å². The number of nitrogens with one attached hydrogen (secondary N) is 1. The zero-order chi connectivity index (χ0) is 13.8. The van der Waals surface area contributed by atoms with Crippen molar-refractivity contribution in [2.45, 2.75) is 13.3 Å². The van der Waals surface area contributed by atoms with Crippen molar-refractivity contribution in [2.24, 2.45) is 0 Å². The molecule has 102 valence electrons. The third-order valence-corrected chi connectivity index (χ3v) is 3.20. The largest absolute Gasteiger partial charge is 0.496 e. The van der Waals surface area contributed by atoms with Gasteiger partial charge in [0.15, 0.2) is 0 Å². The summed E-state index contributed by atoms with van der Waals surface area (Å²) >= 11 is 0. The van der Waals surface area contributed by atoms with Crippen LogP contribution in [0.2, 0.25) is 0 Å². The smallest absolute Gasteiger partial charge is 0.254 e. The Morgan fingerprint density at radius 1 is 1.42 bits per heavy atom. The van der Waals surface area contributed by atoms with Crippen molar-refractivity contribution in [3.63, 3.8) is 0 Å². The molecule has 0 atom stereocenters. The molecular weight excluding hydrogens is 244 g/mol. The van der Waals surface area contributed by atoms with Gasteiger partial charge in [-0.1, -0.05) is 6.07 Å². The van der Waals surface area contributed by atoms with Gasteiger partial charge >= 0.3 is 0 Å². The Balaban J connectivity index is 2.20. The average molecular weight is 262 g/mol. The minimum absolute atomic E-state index is 0.107. The van der Waals surface area contributed by atoms with Gasteiger partial charge in [-0.15, -0.1) is 0 Å². The third-order valence-electron chi connectivity index (χ3n) is 3.20. The monoisotopic (exact) mass is 262 g/mol. The topological polar surface area (TPSA) is 58.6 Å².